The van der Waals surface area contributed by atoms with Crippen molar-refractivity contribution >= 4 is 5.69 Å². The first-order valence-electron chi connectivity index (χ1n) is 7.02. The summed E-state index contributed by atoms with van der Waals surface area (Å²) in [5.74, 6) is 0. The molecule has 2 heteroatoms. The number of benzene rings is 2. The Morgan fingerprint density at radius 3 is 2.30 bits per heavy atom. The Kier molecular flexibility index (Phi) is 3.20. The largest absolute Gasteiger partial charge is 0.382 e. The predicted molar refractivity (Wildman–Crippen MR) is 81.6 cm³/mol. The molecule has 0 bridgehead atoms. The second kappa shape index (κ2) is 5.02. The molecule has 0 atom stereocenters. The van der Waals surface area contributed by atoms with Crippen LogP contribution in [0.25, 0.3) is 0 Å². The fraction of sp³-hybridized carbons (Fsp3) is 0.278. The summed E-state index contributed by atoms with van der Waals surface area (Å²) in [6, 6.07) is 21.5. The van der Waals surface area contributed by atoms with Crippen molar-refractivity contribution in [2.24, 2.45) is 0 Å². The third kappa shape index (κ3) is 2.28. The average molecular weight is 262 g/mol. The summed E-state index contributed by atoms with van der Waals surface area (Å²) in [6.45, 7) is 2.09. The minimum absolute atomic E-state index is 0.302. The molecule has 0 radical (unpaired) electrons. The van der Waals surface area contributed by atoms with E-state index in [1.54, 1.807) is 0 Å². The van der Waals surface area contributed by atoms with Crippen LogP contribution >= 0.6 is 0 Å². The average Bonchev–Trinajstić information content (AvgIpc) is 2.45. The zero-order chi connectivity index (χ0) is 14.0. The summed E-state index contributed by atoms with van der Waals surface area (Å²) < 4.78 is 0. The molecule has 0 spiro atoms. The maximum atomic E-state index is 9.53. The first-order valence-corrected chi connectivity index (χ1v) is 7.02. The zero-order valence-electron chi connectivity index (χ0n) is 11.6. The molecule has 0 saturated heterocycles. The number of nitrogens with zero attached hydrogens (tertiary/aromatic N) is 1. The van der Waals surface area contributed by atoms with Crippen molar-refractivity contribution < 1.29 is 0 Å². The quantitative estimate of drug-likeness (QED) is 0.906. The maximum Gasteiger partial charge on any atom is 0.0861 e. The number of rotatable bonds is 3. The van der Waals surface area contributed by atoms with Crippen LogP contribution in [0.1, 0.15) is 24.0 Å². The number of hydrogen-bond donors (Lipinski definition) is 1. The van der Waals surface area contributed by atoms with Crippen molar-refractivity contribution in [1.29, 1.82) is 5.26 Å². The highest BCUT2D eigenvalue weighted by Crippen LogP contribution is 2.44. The van der Waals surface area contributed by atoms with Crippen LogP contribution in [0.5, 0.6) is 0 Å². The summed E-state index contributed by atoms with van der Waals surface area (Å²) in [6.07, 6.45) is 1.75. The Balaban J connectivity index is 1.68. The molecule has 0 aromatic heterocycles. The molecular formula is C18H18N2. The molecule has 1 saturated carbocycles. The Labute approximate surface area is 120 Å². The monoisotopic (exact) mass is 262 g/mol. The van der Waals surface area contributed by atoms with E-state index in [0.29, 0.717) is 6.04 Å². The molecule has 2 aromatic rings. The van der Waals surface area contributed by atoms with Gasteiger partial charge in [0, 0.05) is 11.7 Å². The van der Waals surface area contributed by atoms with Crippen molar-refractivity contribution in [3.63, 3.8) is 0 Å². The van der Waals surface area contributed by atoms with Gasteiger partial charge in [0.05, 0.1) is 11.5 Å². The van der Waals surface area contributed by atoms with Crippen LogP contribution < -0.4 is 5.32 Å². The number of aryl methyl sites for hydroxylation is 1. The fourth-order valence-electron chi connectivity index (χ4n) is 2.92. The van der Waals surface area contributed by atoms with Crippen LogP contribution in [0, 0.1) is 18.3 Å². The lowest BCUT2D eigenvalue weighted by atomic mass is 9.62. The van der Waals surface area contributed by atoms with E-state index >= 15 is 0 Å². The van der Waals surface area contributed by atoms with Crippen molar-refractivity contribution in [2.45, 2.75) is 31.2 Å². The second-order valence-electron chi connectivity index (χ2n) is 5.68. The number of anilines is 1. The molecule has 2 nitrogen and oxygen atoms in total. The topological polar surface area (TPSA) is 35.8 Å². The fourth-order valence-corrected chi connectivity index (χ4v) is 2.92. The van der Waals surface area contributed by atoms with E-state index in [0.717, 1.165) is 24.1 Å². The van der Waals surface area contributed by atoms with E-state index in [2.05, 4.69) is 54.7 Å². The SMILES string of the molecule is Cc1ccc(NC2CC(C#N)(c3ccccc3)C2)cc1. The second-order valence-corrected chi connectivity index (χ2v) is 5.68. The highest BCUT2D eigenvalue weighted by Gasteiger charge is 2.46. The molecule has 0 aliphatic heterocycles. The summed E-state index contributed by atoms with van der Waals surface area (Å²) >= 11 is 0. The van der Waals surface area contributed by atoms with Gasteiger partial charge in [-0.15, -0.1) is 0 Å². The van der Waals surface area contributed by atoms with E-state index in [1.165, 1.54) is 5.56 Å². The normalized spacial score (nSPS) is 24.5. The van der Waals surface area contributed by atoms with Gasteiger partial charge in [0.25, 0.3) is 0 Å². The summed E-state index contributed by atoms with van der Waals surface area (Å²) in [7, 11) is 0. The van der Waals surface area contributed by atoms with E-state index < -0.39 is 0 Å². The highest BCUT2D eigenvalue weighted by atomic mass is 14.9. The van der Waals surface area contributed by atoms with Crippen LogP contribution in [-0.4, -0.2) is 6.04 Å². The third-order valence-electron chi connectivity index (χ3n) is 4.15. The maximum absolute atomic E-state index is 9.53. The predicted octanol–water partition coefficient (Wildman–Crippen LogP) is 4.03. The van der Waals surface area contributed by atoms with Crippen molar-refractivity contribution in [2.75, 3.05) is 5.32 Å². The van der Waals surface area contributed by atoms with Gasteiger partial charge in [-0.2, -0.15) is 5.26 Å². The highest BCUT2D eigenvalue weighted by molar-refractivity contribution is 5.48. The van der Waals surface area contributed by atoms with Crippen LogP contribution in [0.4, 0.5) is 5.69 Å². The van der Waals surface area contributed by atoms with Gasteiger partial charge in [-0.05, 0) is 37.5 Å². The zero-order valence-corrected chi connectivity index (χ0v) is 11.6. The molecule has 20 heavy (non-hydrogen) atoms. The van der Waals surface area contributed by atoms with Crippen molar-refractivity contribution in [3.8, 4) is 6.07 Å². The third-order valence-corrected chi connectivity index (χ3v) is 4.15. The lowest BCUT2D eigenvalue weighted by Crippen LogP contribution is -2.47. The molecule has 1 aliphatic carbocycles. The van der Waals surface area contributed by atoms with Crippen molar-refractivity contribution in [3.05, 3.63) is 65.7 Å². The van der Waals surface area contributed by atoms with Crippen LogP contribution in [0.15, 0.2) is 54.6 Å². The lowest BCUT2D eigenvalue weighted by Gasteiger charge is -2.43. The van der Waals surface area contributed by atoms with E-state index in [-0.39, 0.29) is 5.41 Å². The summed E-state index contributed by atoms with van der Waals surface area (Å²) in [4.78, 5) is 0. The molecule has 0 amide bonds. The number of hydrogen-bond acceptors (Lipinski definition) is 2. The van der Waals surface area contributed by atoms with Crippen LogP contribution in [0.3, 0.4) is 0 Å². The first kappa shape index (κ1) is 12.7. The molecule has 0 unspecified atom stereocenters. The van der Waals surface area contributed by atoms with Gasteiger partial charge in [0.15, 0.2) is 0 Å². The summed E-state index contributed by atoms with van der Waals surface area (Å²) in [5.41, 5.74) is 3.24. The molecule has 1 fully saturated rings. The standard InChI is InChI=1S/C18H18N2/c1-14-7-9-16(10-8-14)20-17-11-18(12-17,13-19)15-5-3-2-4-6-15/h2-10,17,20H,11-12H2,1H3. The van der Waals surface area contributed by atoms with Gasteiger partial charge in [-0.25, -0.2) is 0 Å². The van der Waals surface area contributed by atoms with Gasteiger partial charge in [0.1, 0.15) is 0 Å². The smallest absolute Gasteiger partial charge is 0.0861 e. The van der Waals surface area contributed by atoms with Crippen molar-refractivity contribution in [1.82, 2.24) is 0 Å². The summed E-state index contributed by atoms with van der Waals surface area (Å²) in [5, 5.41) is 13.0. The van der Waals surface area contributed by atoms with E-state index in [1.807, 2.05) is 18.2 Å². The van der Waals surface area contributed by atoms with Gasteiger partial charge < -0.3 is 5.32 Å². The molecule has 3 rings (SSSR count). The Morgan fingerprint density at radius 1 is 1.05 bits per heavy atom. The van der Waals surface area contributed by atoms with E-state index in [9.17, 15) is 5.26 Å². The molecule has 1 aliphatic rings. The molecule has 1 N–H and O–H groups in total. The number of nitrogens with one attached hydrogen (secondary N) is 1. The minimum atomic E-state index is -0.302. The van der Waals surface area contributed by atoms with Crippen LogP contribution in [-0.2, 0) is 5.41 Å². The lowest BCUT2D eigenvalue weighted by molar-refractivity contribution is 0.289. The Bertz CT molecular complexity index is 617. The molecule has 2 aromatic carbocycles. The van der Waals surface area contributed by atoms with E-state index in [4.69, 9.17) is 0 Å². The molecule has 0 heterocycles. The van der Waals surface area contributed by atoms with Gasteiger partial charge in [-0.3, -0.25) is 0 Å². The van der Waals surface area contributed by atoms with Gasteiger partial charge in [-0.1, -0.05) is 48.0 Å². The van der Waals surface area contributed by atoms with Gasteiger partial charge >= 0.3 is 0 Å². The molecular weight excluding hydrogens is 244 g/mol. The molecule has 100 valence electrons. The Morgan fingerprint density at radius 2 is 1.70 bits per heavy atom. The number of nitriles is 1. The van der Waals surface area contributed by atoms with Crippen LogP contribution in [0.2, 0.25) is 0 Å². The minimum Gasteiger partial charge on any atom is -0.382 e. The first-order chi connectivity index (χ1) is 9.72. The Hall–Kier alpha value is -2.27. The van der Waals surface area contributed by atoms with Gasteiger partial charge in [0.2, 0.25) is 0 Å².